The van der Waals surface area contributed by atoms with Crippen LogP contribution < -0.4 is 10.0 Å². The van der Waals surface area contributed by atoms with Crippen LogP contribution in [0.2, 0.25) is 0 Å². The lowest BCUT2D eigenvalue weighted by Crippen LogP contribution is -2.40. The molecule has 0 bridgehead atoms. The molecule has 2 heterocycles. The molecule has 2 N–H and O–H groups in total. The normalized spacial score (nSPS) is 17.8. The monoisotopic (exact) mass is 378 g/mol. The number of benzene rings is 1. The number of sulfonamides is 1. The van der Waals surface area contributed by atoms with Crippen LogP contribution in [0.25, 0.3) is 0 Å². The van der Waals surface area contributed by atoms with Gasteiger partial charge in [-0.15, -0.1) is 0 Å². The summed E-state index contributed by atoms with van der Waals surface area (Å²) in [7, 11) is -3.70. The standard InChI is InChI=1S/C17H22N4O4S/c22-17(18-8-10-21-9-3-7-19-21)14-4-1-6-16(12-14)26(23,24)20-15-5-2-11-25-13-15/h1,3-4,6-7,9,12,15,20H,2,5,8,10-11,13H2,(H,18,22)/t15-/m0/s1. The summed E-state index contributed by atoms with van der Waals surface area (Å²) in [5, 5.41) is 6.82. The third-order valence-electron chi connectivity index (χ3n) is 4.07. The molecule has 2 aromatic rings. The largest absolute Gasteiger partial charge is 0.380 e. The van der Waals surface area contributed by atoms with Gasteiger partial charge in [0.25, 0.3) is 5.91 Å². The molecule has 1 saturated heterocycles. The van der Waals surface area contributed by atoms with Gasteiger partial charge in [0.1, 0.15) is 0 Å². The minimum atomic E-state index is -3.70. The average molecular weight is 378 g/mol. The van der Waals surface area contributed by atoms with Crippen LogP contribution in [0.1, 0.15) is 23.2 Å². The number of aromatic nitrogens is 2. The smallest absolute Gasteiger partial charge is 0.251 e. The second-order valence-electron chi connectivity index (χ2n) is 6.09. The first kappa shape index (κ1) is 18.6. The van der Waals surface area contributed by atoms with Crippen molar-refractivity contribution < 1.29 is 17.9 Å². The van der Waals surface area contributed by atoms with Crippen molar-refractivity contribution in [1.29, 1.82) is 0 Å². The highest BCUT2D eigenvalue weighted by Crippen LogP contribution is 2.14. The van der Waals surface area contributed by atoms with Gasteiger partial charge in [0.15, 0.2) is 0 Å². The fraction of sp³-hybridized carbons (Fsp3) is 0.412. The zero-order valence-electron chi connectivity index (χ0n) is 14.3. The van der Waals surface area contributed by atoms with Gasteiger partial charge < -0.3 is 10.1 Å². The molecule has 140 valence electrons. The Balaban J connectivity index is 1.61. The van der Waals surface area contributed by atoms with E-state index in [4.69, 9.17) is 4.74 Å². The number of hydrogen-bond acceptors (Lipinski definition) is 5. The maximum atomic E-state index is 12.5. The van der Waals surface area contributed by atoms with Crippen LogP contribution in [0, 0.1) is 0 Å². The van der Waals surface area contributed by atoms with Crippen molar-refractivity contribution in [3.63, 3.8) is 0 Å². The van der Waals surface area contributed by atoms with Crippen molar-refractivity contribution >= 4 is 15.9 Å². The summed E-state index contributed by atoms with van der Waals surface area (Å²) in [6.45, 7) is 1.97. The molecule has 1 aromatic heterocycles. The van der Waals surface area contributed by atoms with E-state index in [-0.39, 0.29) is 16.8 Å². The molecule has 9 heteroatoms. The Morgan fingerprint density at radius 1 is 1.35 bits per heavy atom. The van der Waals surface area contributed by atoms with Gasteiger partial charge in [-0.25, -0.2) is 13.1 Å². The molecule has 1 aliphatic heterocycles. The highest BCUT2D eigenvalue weighted by atomic mass is 32.2. The number of amides is 1. The Kier molecular flexibility index (Phi) is 6.02. The average Bonchev–Trinajstić information content (AvgIpc) is 3.16. The first-order valence-electron chi connectivity index (χ1n) is 8.50. The van der Waals surface area contributed by atoms with E-state index in [2.05, 4.69) is 15.1 Å². The van der Waals surface area contributed by atoms with Crippen LogP contribution in [-0.4, -0.2) is 49.9 Å². The van der Waals surface area contributed by atoms with E-state index >= 15 is 0 Å². The molecule has 0 radical (unpaired) electrons. The third-order valence-corrected chi connectivity index (χ3v) is 5.59. The molecule has 0 aliphatic carbocycles. The van der Waals surface area contributed by atoms with E-state index in [1.165, 1.54) is 12.1 Å². The second kappa shape index (κ2) is 8.43. The van der Waals surface area contributed by atoms with Crippen molar-refractivity contribution in [3.8, 4) is 0 Å². The molecule has 8 nitrogen and oxygen atoms in total. The lowest BCUT2D eigenvalue weighted by molar-refractivity contribution is 0.0774. The van der Waals surface area contributed by atoms with Crippen LogP contribution in [0.15, 0.2) is 47.6 Å². The van der Waals surface area contributed by atoms with E-state index in [9.17, 15) is 13.2 Å². The molecule has 1 aliphatic rings. The van der Waals surface area contributed by atoms with Gasteiger partial charge in [0, 0.05) is 37.2 Å². The molecule has 1 amide bonds. The van der Waals surface area contributed by atoms with E-state index in [0.717, 1.165) is 12.8 Å². The molecular weight excluding hydrogens is 356 g/mol. The SMILES string of the molecule is O=C(NCCn1cccn1)c1cccc(S(=O)(=O)N[C@H]2CCCOC2)c1. The quantitative estimate of drug-likeness (QED) is 0.741. The third kappa shape index (κ3) is 4.90. The Morgan fingerprint density at radius 3 is 2.96 bits per heavy atom. The number of carbonyl (C=O) groups is 1. The van der Waals surface area contributed by atoms with Gasteiger partial charge in [-0.3, -0.25) is 9.48 Å². The van der Waals surface area contributed by atoms with Crippen LogP contribution in [0.3, 0.4) is 0 Å². The summed E-state index contributed by atoms with van der Waals surface area (Å²) >= 11 is 0. The van der Waals surface area contributed by atoms with Gasteiger partial charge in [0.05, 0.1) is 18.0 Å². The molecule has 1 fully saturated rings. The highest BCUT2D eigenvalue weighted by Gasteiger charge is 2.23. The second-order valence-corrected chi connectivity index (χ2v) is 7.80. The van der Waals surface area contributed by atoms with Crippen LogP contribution >= 0.6 is 0 Å². The van der Waals surface area contributed by atoms with Gasteiger partial charge in [-0.2, -0.15) is 5.10 Å². The summed E-state index contributed by atoms with van der Waals surface area (Å²) < 4.78 is 34.7. The molecule has 3 rings (SSSR count). The van der Waals surface area contributed by atoms with Gasteiger partial charge >= 0.3 is 0 Å². The van der Waals surface area contributed by atoms with E-state index in [0.29, 0.717) is 31.9 Å². The summed E-state index contributed by atoms with van der Waals surface area (Å²) in [5.74, 6) is -0.324. The van der Waals surface area contributed by atoms with Crippen molar-refractivity contribution in [1.82, 2.24) is 19.8 Å². The molecule has 26 heavy (non-hydrogen) atoms. The van der Waals surface area contributed by atoms with Crippen molar-refractivity contribution in [3.05, 3.63) is 48.3 Å². The first-order chi connectivity index (χ1) is 12.5. The summed E-state index contributed by atoms with van der Waals surface area (Å²) in [5.41, 5.74) is 0.299. The number of ether oxygens (including phenoxy) is 1. The zero-order chi connectivity index (χ0) is 18.4. The van der Waals surface area contributed by atoms with Gasteiger partial charge in [0.2, 0.25) is 10.0 Å². The van der Waals surface area contributed by atoms with Crippen molar-refractivity contribution in [2.75, 3.05) is 19.8 Å². The van der Waals surface area contributed by atoms with E-state index in [1.807, 2.05) is 0 Å². The maximum absolute atomic E-state index is 12.5. The minimum absolute atomic E-state index is 0.0720. The predicted molar refractivity (Wildman–Crippen MR) is 95.2 cm³/mol. The molecule has 0 unspecified atom stereocenters. The predicted octanol–water partition coefficient (Wildman–Crippen LogP) is 0.770. The van der Waals surface area contributed by atoms with E-state index < -0.39 is 10.0 Å². The summed E-state index contributed by atoms with van der Waals surface area (Å²) in [4.78, 5) is 12.3. The van der Waals surface area contributed by atoms with Crippen LogP contribution in [0.5, 0.6) is 0 Å². The number of nitrogens with one attached hydrogen (secondary N) is 2. The van der Waals surface area contributed by atoms with Crippen LogP contribution in [0.4, 0.5) is 0 Å². The topological polar surface area (TPSA) is 102 Å². The molecule has 0 spiro atoms. The van der Waals surface area contributed by atoms with Gasteiger partial charge in [-0.05, 0) is 37.1 Å². The Hall–Kier alpha value is -2.23. The number of nitrogens with zero attached hydrogens (tertiary/aromatic N) is 2. The molecular formula is C17H22N4O4S. The van der Waals surface area contributed by atoms with Crippen LogP contribution in [-0.2, 0) is 21.3 Å². The molecule has 0 saturated carbocycles. The molecule has 1 atom stereocenters. The van der Waals surface area contributed by atoms with Gasteiger partial charge in [-0.1, -0.05) is 6.07 Å². The first-order valence-corrected chi connectivity index (χ1v) is 9.99. The Morgan fingerprint density at radius 2 is 2.23 bits per heavy atom. The fourth-order valence-electron chi connectivity index (χ4n) is 2.74. The minimum Gasteiger partial charge on any atom is -0.380 e. The van der Waals surface area contributed by atoms with E-state index in [1.54, 1.807) is 35.3 Å². The lowest BCUT2D eigenvalue weighted by Gasteiger charge is -2.23. The summed E-state index contributed by atoms with van der Waals surface area (Å²) in [6, 6.07) is 7.59. The lowest BCUT2D eigenvalue weighted by atomic mass is 10.1. The number of rotatable bonds is 7. The fourth-order valence-corrected chi connectivity index (χ4v) is 4.05. The maximum Gasteiger partial charge on any atom is 0.251 e. The molecule has 1 aromatic carbocycles. The Bertz CT molecular complexity index is 830. The Labute approximate surface area is 152 Å². The summed E-state index contributed by atoms with van der Waals surface area (Å²) in [6.07, 6.45) is 5.04. The number of carbonyl (C=O) groups excluding carboxylic acids is 1. The zero-order valence-corrected chi connectivity index (χ0v) is 15.1. The highest BCUT2D eigenvalue weighted by molar-refractivity contribution is 7.89. The number of hydrogen-bond donors (Lipinski definition) is 2. The van der Waals surface area contributed by atoms with Crippen molar-refractivity contribution in [2.24, 2.45) is 0 Å². The van der Waals surface area contributed by atoms with Crippen molar-refractivity contribution in [2.45, 2.75) is 30.3 Å².